The Balaban J connectivity index is 2.98. The van der Waals surface area contributed by atoms with Crippen molar-refractivity contribution in [2.45, 2.75) is 9.17 Å². The molecule has 0 bridgehead atoms. The topological polar surface area (TPSA) is 0 Å². The molecule has 1 rings (SSSR count). The Kier molecular flexibility index (Phi) is 3.54. The van der Waals surface area contributed by atoms with Crippen LogP contribution in [-0.4, -0.2) is 4.84 Å². The minimum Gasteiger partial charge on any atom is -0.102 e. The summed E-state index contributed by atoms with van der Waals surface area (Å²) in [6.07, 6.45) is 0. The van der Waals surface area contributed by atoms with Gasteiger partial charge < -0.3 is 0 Å². The summed E-state index contributed by atoms with van der Waals surface area (Å²) in [5.41, 5.74) is 0.666. The van der Waals surface area contributed by atoms with E-state index in [0.717, 1.165) is 0 Å². The van der Waals surface area contributed by atoms with E-state index >= 15 is 0 Å². The van der Waals surface area contributed by atoms with E-state index in [9.17, 15) is 0 Å². The van der Waals surface area contributed by atoms with Crippen LogP contribution in [0.3, 0.4) is 0 Å². The molecule has 1 aromatic carbocycles. The van der Waals surface area contributed by atoms with Crippen molar-refractivity contribution in [3.8, 4) is 0 Å². The molecule has 0 atom stereocenters. The Morgan fingerprint density at radius 1 is 1.17 bits per heavy atom. The van der Waals surface area contributed by atoms with Gasteiger partial charge >= 0.3 is 0 Å². The van der Waals surface area contributed by atoms with Gasteiger partial charge in [-0.05, 0) is 11.6 Å². The molecule has 0 aliphatic rings. The maximum Gasteiger partial charge on any atom is 0.173 e. The molecule has 65 valence electrons. The molecular weight excluding hydrogens is 238 g/mol. The molecule has 0 heterocycles. The van der Waals surface area contributed by atoms with Gasteiger partial charge in [0.1, 0.15) is 4.84 Å². The van der Waals surface area contributed by atoms with Gasteiger partial charge in [-0.2, -0.15) is 0 Å². The van der Waals surface area contributed by atoms with Crippen LogP contribution in [0.5, 0.6) is 0 Å². The van der Waals surface area contributed by atoms with Crippen LogP contribution in [-0.2, 0) is 4.33 Å². The molecule has 4 heteroatoms. The number of alkyl halides is 4. The summed E-state index contributed by atoms with van der Waals surface area (Å²) < 4.78 is -1.25. The van der Waals surface area contributed by atoms with Crippen molar-refractivity contribution in [2.75, 3.05) is 0 Å². The highest BCUT2D eigenvalue weighted by Crippen LogP contribution is 2.41. The van der Waals surface area contributed by atoms with Gasteiger partial charge in [-0.1, -0.05) is 47.5 Å². The number of benzene rings is 1. The first kappa shape index (κ1) is 10.5. The zero-order chi connectivity index (χ0) is 9.19. The molecule has 0 N–H and O–H groups in total. The van der Waals surface area contributed by atoms with Crippen LogP contribution in [0.1, 0.15) is 5.56 Å². The Labute approximate surface area is 91.4 Å². The Morgan fingerprint density at radius 2 is 1.67 bits per heavy atom. The van der Waals surface area contributed by atoms with Gasteiger partial charge in [0.15, 0.2) is 4.33 Å². The van der Waals surface area contributed by atoms with E-state index in [4.69, 9.17) is 46.4 Å². The van der Waals surface area contributed by atoms with Crippen molar-refractivity contribution in [2.24, 2.45) is 0 Å². The smallest absolute Gasteiger partial charge is 0.102 e. The lowest BCUT2D eigenvalue weighted by atomic mass is 10.2. The van der Waals surface area contributed by atoms with Crippen molar-refractivity contribution in [1.82, 2.24) is 0 Å². The highest BCUT2D eigenvalue weighted by Gasteiger charge is 2.33. The van der Waals surface area contributed by atoms with E-state index in [1.165, 1.54) is 0 Å². The largest absolute Gasteiger partial charge is 0.173 e. The van der Waals surface area contributed by atoms with E-state index in [2.05, 4.69) is 6.07 Å². The molecule has 0 fully saturated rings. The second-order valence-electron chi connectivity index (χ2n) is 2.21. The fourth-order valence-corrected chi connectivity index (χ4v) is 1.24. The average Bonchev–Trinajstić information content (AvgIpc) is 2.06. The lowest BCUT2D eigenvalue weighted by molar-refractivity contribution is 0.934. The fourth-order valence-electron chi connectivity index (χ4n) is 0.735. The van der Waals surface area contributed by atoms with E-state index in [-0.39, 0.29) is 0 Å². The maximum atomic E-state index is 5.88. The fraction of sp³-hybridized carbons (Fsp3) is 0.250. The third-order valence-corrected chi connectivity index (χ3v) is 3.35. The first-order valence-corrected chi connectivity index (χ1v) is 4.80. The lowest BCUT2D eigenvalue weighted by Crippen LogP contribution is -2.18. The van der Waals surface area contributed by atoms with Crippen molar-refractivity contribution in [3.63, 3.8) is 0 Å². The summed E-state index contributed by atoms with van der Waals surface area (Å²) in [4.78, 5) is -0.858. The van der Waals surface area contributed by atoms with Gasteiger partial charge in [0.05, 0.1) is 0 Å². The molecule has 0 unspecified atom stereocenters. The third-order valence-electron chi connectivity index (χ3n) is 1.38. The van der Waals surface area contributed by atoms with Crippen LogP contribution >= 0.6 is 46.4 Å². The van der Waals surface area contributed by atoms with Gasteiger partial charge in [0.2, 0.25) is 0 Å². The minimum absolute atomic E-state index is 0.666. The Hall–Kier alpha value is 0.380. The summed E-state index contributed by atoms with van der Waals surface area (Å²) in [7, 11) is 0. The number of hydrogen-bond donors (Lipinski definition) is 0. The molecule has 0 saturated heterocycles. The SMILES string of the molecule is ClC(Cl)C(Cl)(Cl)c1cc[c]cc1. The molecule has 0 nitrogen and oxygen atoms in total. The van der Waals surface area contributed by atoms with Crippen molar-refractivity contribution in [1.29, 1.82) is 0 Å². The molecule has 1 radical (unpaired) electrons. The molecule has 0 spiro atoms. The molecule has 0 aliphatic heterocycles. The second kappa shape index (κ2) is 4.06. The third kappa shape index (κ3) is 2.20. The van der Waals surface area contributed by atoms with Gasteiger partial charge in [0.25, 0.3) is 0 Å². The molecule has 12 heavy (non-hydrogen) atoms. The molecule has 0 amide bonds. The van der Waals surface area contributed by atoms with Crippen LogP contribution in [0.2, 0.25) is 0 Å². The Bertz CT molecular complexity index is 242. The predicted molar refractivity (Wildman–Crippen MR) is 54.2 cm³/mol. The van der Waals surface area contributed by atoms with E-state index in [0.29, 0.717) is 5.56 Å². The molecule has 0 saturated carbocycles. The second-order valence-corrected chi connectivity index (χ2v) is 4.69. The average molecular weight is 243 g/mol. The Morgan fingerprint density at radius 3 is 2.08 bits per heavy atom. The summed E-state index contributed by atoms with van der Waals surface area (Å²) in [5.74, 6) is 0. The predicted octanol–water partition coefficient (Wildman–Crippen LogP) is 3.92. The highest BCUT2D eigenvalue weighted by atomic mass is 35.5. The molecule has 1 aromatic rings. The van der Waals surface area contributed by atoms with Gasteiger partial charge in [-0.25, -0.2) is 0 Å². The van der Waals surface area contributed by atoms with Crippen LogP contribution in [0.4, 0.5) is 0 Å². The number of hydrogen-bond acceptors (Lipinski definition) is 0. The summed E-state index contributed by atoms with van der Waals surface area (Å²) in [5, 5.41) is 0. The zero-order valence-corrected chi connectivity index (χ0v) is 8.92. The minimum atomic E-state index is -1.25. The summed E-state index contributed by atoms with van der Waals surface area (Å²) in [6.45, 7) is 0. The molecule has 0 aliphatic carbocycles. The van der Waals surface area contributed by atoms with Gasteiger partial charge in [-0.15, -0.1) is 23.2 Å². The van der Waals surface area contributed by atoms with E-state index < -0.39 is 9.17 Å². The van der Waals surface area contributed by atoms with Crippen LogP contribution in [0.15, 0.2) is 24.3 Å². The van der Waals surface area contributed by atoms with Crippen molar-refractivity contribution < 1.29 is 0 Å². The zero-order valence-electron chi connectivity index (χ0n) is 5.90. The van der Waals surface area contributed by atoms with Gasteiger partial charge in [-0.3, -0.25) is 0 Å². The summed E-state index contributed by atoms with van der Waals surface area (Å²) in [6, 6.07) is 9.68. The lowest BCUT2D eigenvalue weighted by Gasteiger charge is -2.20. The first-order valence-electron chi connectivity index (χ1n) is 3.17. The van der Waals surface area contributed by atoms with E-state index in [1.807, 2.05) is 0 Å². The van der Waals surface area contributed by atoms with Gasteiger partial charge in [0, 0.05) is 0 Å². The van der Waals surface area contributed by atoms with Crippen molar-refractivity contribution in [3.05, 3.63) is 35.9 Å². The monoisotopic (exact) mass is 241 g/mol. The number of rotatable bonds is 2. The highest BCUT2D eigenvalue weighted by molar-refractivity contribution is 6.59. The van der Waals surface area contributed by atoms with Crippen LogP contribution in [0.25, 0.3) is 0 Å². The maximum absolute atomic E-state index is 5.88. The molecule has 0 aromatic heterocycles. The van der Waals surface area contributed by atoms with E-state index in [1.54, 1.807) is 24.3 Å². The number of halogens is 4. The van der Waals surface area contributed by atoms with Crippen molar-refractivity contribution >= 4 is 46.4 Å². The summed E-state index contributed by atoms with van der Waals surface area (Å²) >= 11 is 23.0. The first-order chi connectivity index (χ1) is 5.55. The van der Waals surface area contributed by atoms with Crippen LogP contribution in [0, 0.1) is 6.07 Å². The molecular formula is C8H5Cl4. The normalized spacial score (nSPS) is 12.1. The van der Waals surface area contributed by atoms with Crippen LogP contribution < -0.4 is 0 Å². The quantitative estimate of drug-likeness (QED) is 0.690. The standard InChI is InChI=1S/C8H5Cl4/c9-7(10)8(11,12)6-4-2-1-3-5-6/h2-5,7H.